The SMILES string of the molecule is Cn1c(-c2cccc([Si](c3ccccc3)(c3ccccc3)c3cccc(-n4c5ccc6c(c5c5cccnc54)Oc4ccccc4C6(c4ccccc4)c4ccccc4)c3)c2)nc2ccccc21. The second kappa shape index (κ2) is 15.8. The van der Waals surface area contributed by atoms with Gasteiger partial charge in [0.2, 0.25) is 0 Å². The van der Waals surface area contributed by atoms with E-state index in [4.69, 9.17) is 14.7 Å². The first-order valence-electron chi connectivity index (χ1n) is 23.2. The van der Waals surface area contributed by atoms with Crippen LogP contribution >= 0.6 is 0 Å². The number of benzene rings is 9. The third-order valence-corrected chi connectivity index (χ3v) is 19.0. The monoisotopic (exact) mass is 888 g/mol. The number of pyridine rings is 1. The maximum Gasteiger partial charge on any atom is 0.179 e. The van der Waals surface area contributed by atoms with E-state index in [2.05, 4.69) is 253 Å². The van der Waals surface area contributed by atoms with Crippen molar-refractivity contribution in [2.45, 2.75) is 5.41 Å². The van der Waals surface area contributed by atoms with Gasteiger partial charge < -0.3 is 9.30 Å². The Morgan fingerprint density at radius 1 is 0.485 bits per heavy atom. The highest BCUT2D eigenvalue weighted by Crippen LogP contribution is 2.57. The number of imidazole rings is 1. The average molecular weight is 889 g/mol. The zero-order valence-electron chi connectivity index (χ0n) is 37.4. The molecule has 0 fully saturated rings. The fraction of sp³-hybridized carbons (Fsp3) is 0.0323. The minimum Gasteiger partial charge on any atom is -0.456 e. The summed E-state index contributed by atoms with van der Waals surface area (Å²) in [6, 6.07) is 88.1. The lowest BCUT2D eigenvalue weighted by Crippen LogP contribution is -2.74. The summed E-state index contributed by atoms with van der Waals surface area (Å²) >= 11 is 0. The fourth-order valence-corrected chi connectivity index (χ4v) is 16.2. The van der Waals surface area contributed by atoms with Gasteiger partial charge in [0.15, 0.2) is 8.07 Å². The highest BCUT2D eigenvalue weighted by molar-refractivity contribution is 7.20. The van der Waals surface area contributed by atoms with Gasteiger partial charge in [-0.15, -0.1) is 0 Å². The van der Waals surface area contributed by atoms with Gasteiger partial charge in [0.05, 0.1) is 27.4 Å². The Bertz CT molecular complexity index is 3770. The van der Waals surface area contributed by atoms with Gasteiger partial charge in [0.1, 0.15) is 23.0 Å². The summed E-state index contributed by atoms with van der Waals surface area (Å²) in [5, 5.41) is 7.19. The Balaban J connectivity index is 1.08. The zero-order valence-corrected chi connectivity index (χ0v) is 38.4. The molecule has 13 rings (SSSR count). The molecule has 0 radical (unpaired) electrons. The van der Waals surface area contributed by atoms with E-state index in [1.807, 2.05) is 12.3 Å². The zero-order chi connectivity index (χ0) is 45.2. The number of rotatable bonds is 8. The molecule has 5 nitrogen and oxygen atoms in total. The van der Waals surface area contributed by atoms with E-state index in [1.54, 1.807) is 0 Å². The summed E-state index contributed by atoms with van der Waals surface area (Å²) in [6.07, 6.45) is 1.90. The van der Waals surface area contributed by atoms with Crippen LogP contribution in [-0.4, -0.2) is 27.2 Å². The van der Waals surface area contributed by atoms with Gasteiger partial charge in [0, 0.05) is 41.0 Å². The first-order valence-corrected chi connectivity index (χ1v) is 25.2. The van der Waals surface area contributed by atoms with Gasteiger partial charge in [-0.05, 0) is 80.4 Å². The topological polar surface area (TPSA) is 44.9 Å². The summed E-state index contributed by atoms with van der Waals surface area (Å²) < 4.78 is 11.8. The van der Waals surface area contributed by atoms with Crippen LogP contribution in [0.1, 0.15) is 22.3 Å². The van der Waals surface area contributed by atoms with Crippen molar-refractivity contribution in [3.05, 3.63) is 271 Å². The summed E-state index contributed by atoms with van der Waals surface area (Å²) in [5.41, 5.74) is 10.0. The van der Waals surface area contributed by atoms with E-state index in [-0.39, 0.29) is 0 Å². The van der Waals surface area contributed by atoms with Gasteiger partial charge in [-0.2, -0.15) is 0 Å². The van der Waals surface area contributed by atoms with Gasteiger partial charge >= 0.3 is 0 Å². The maximum absolute atomic E-state index is 7.23. The number of hydrogen-bond donors (Lipinski definition) is 0. The summed E-state index contributed by atoms with van der Waals surface area (Å²) in [7, 11) is -0.937. The van der Waals surface area contributed by atoms with Crippen LogP contribution in [0.4, 0.5) is 0 Å². The Morgan fingerprint density at radius 2 is 1.09 bits per heavy atom. The number of ether oxygens (including phenoxy) is 1. The molecule has 0 saturated carbocycles. The third-order valence-electron chi connectivity index (χ3n) is 14.3. The van der Waals surface area contributed by atoms with Crippen LogP contribution in [0.5, 0.6) is 11.5 Å². The van der Waals surface area contributed by atoms with E-state index < -0.39 is 13.5 Å². The van der Waals surface area contributed by atoms with Gasteiger partial charge in [-0.3, -0.25) is 4.57 Å². The molecule has 68 heavy (non-hydrogen) atoms. The van der Waals surface area contributed by atoms with Gasteiger partial charge in [0.25, 0.3) is 0 Å². The molecule has 4 heterocycles. The van der Waals surface area contributed by atoms with Crippen molar-refractivity contribution in [2.24, 2.45) is 7.05 Å². The molecule has 6 heteroatoms. The Hall–Kier alpha value is -8.58. The molecule has 0 aliphatic carbocycles. The standard InChI is InChI=1S/C62H44N4OSi/c1-65-55-36-16-15-35-54(55)64-60(65)43-21-18-31-49(41-43)68(47-27-10-4-11-28-47,48-29-12-5-13-30-48)50-32-19-26-46(42-50)66-56-39-38-53-59(58(56)51-33-20-40-63-61(51)66)67-57-37-17-14-34-52(57)62(53,44-22-6-2-7-23-44)45-24-8-3-9-25-45/h2-42H,1H3. The minimum atomic E-state index is -3.05. The molecule has 0 saturated heterocycles. The normalized spacial score (nSPS) is 13.0. The van der Waals surface area contributed by atoms with Crippen LogP contribution in [-0.2, 0) is 12.5 Å². The predicted octanol–water partition coefficient (Wildman–Crippen LogP) is 11.6. The van der Waals surface area contributed by atoms with Crippen molar-refractivity contribution in [1.29, 1.82) is 0 Å². The summed E-state index contributed by atoms with van der Waals surface area (Å²) in [4.78, 5) is 10.4. The molecular formula is C62H44N4OSi. The minimum absolute atomic E-state index is 0.649. The lowest BCUT2D eigenvalue weighted by Gasteiger charge is -2.41. The molecule has 0 unspecified atom stereocenters. The van der Waals surface area contributed by atoms with Gasteiger partial charge in [-0.25, -0.2) is 9.97 Å². The van der Waals surface area contributed by atoms with Crippen molar-refractivity contribution >= 4 is 61.8 Å². The van der Waals surface area contributed by atoms with Crippen molar-refractivity contribution in [3.8, 4) is 28.6 Å². The van der Waals surface area contributed by atoms with Crippen molar-refractivity contribution in [3.63, 3.8) is 0 Å². The molecule has 1 aliphatic heterocycles. The molecule has 1 aliphatic rings. The molecule has 0 N–H and O–H groups in total. The number of aryl methyl sites for hydroxylation is 1. The second-order valence-electron chi connectivity index (χ2n) is 17.7. The van der Waals surface area contributed by atoms with E-state index in [0.29, 0.717) is 0 Å². The molecule has 12 aromatic rings. The van der Waals surface area contributed by atoms with E-state index in [0.717, 1.165) is 72.7 Å². The molecule has 322 valence electrons. The highest BCUT2D eigenvalue weighted by atomic mass is 28.3. The quantitative estimate of drug-likeness (QED) is 0.113. The van der Waals surface area contributed by atoms with Crippen molar-refractivity contribution in [2.75, 3.05) is 0 Å². The van der Waals surface area contributed by atoms with Crippen molar-refractivity contribution < 1.29 is 4.74 Å². The highest BCUT2D eigenvalue weighted by Gasteiger charge is 2.47. The van der Waals surface area contributed by atoms with Crippen LogP contribution in [0.25, 0.3) is 50.0 Å². The number of para-hydroxylation sites is 3. The first-order chi connectivity index (χ1) is 33.7. The lowest BCUT2D eigenvalue weighted by molar-refractivity contribution is 0.440. The molecule has 3 aromatic heterocycles. The Morgan fingerprint density at radius 3 is 1.79 bits per heavy atom. The van der Waals surface area contributed by atoms with Crippen LogP contribution in [0.2, 0.25) is 0 Å². The fourth-order valence-electron chi connectivity index (χ4n) is 11.4. The van der Waals surface area contributed by atoms with E-state index in [9.17, 15) is 0 Å². The second-order valence-corrected chi connectivity index (χ2v) is 21.5. The summed E-state index contributed by atoms with van der Waals surface area (Å²) in [6.45, 7) is 0. The van der Waals surface area contributed by atoms with E-state index in [1.165, 1.54) is 31.9 Å². The maximum atomic E-state index is 7.23. The molecule has 0 amide bonds. The molecule has 0 atom stereocenters. The molecule has 9 aromatic carbocycles. The Kier molecular flexibility index (Phi) is 9.23. The smallest absolute Gasteiger partial charge is 0.179 e. The first kappa shape index (κ1) is 39.8. The molecule has 0 bridgehead atoms. The predicted molar refractivity (Wildman–Crippen MR) is 280 cm³/mol. The number of aromatic nitrogens is 4. The molecular weight excluding hydrogens is 845 g/mol. The van der Waals surface area contributed by atoms with Crippen LogP contribution in [0.3, 0.4) is 0 Å². The number of fused-ring (bicyclic) bond motifs is 7. The average Bonchev–Trinajstić information content (AvgIpc) is 3.94. The van der Waals surface area contributed by atoms with Crippen LogP contribution < -0.4 is 25.5 Å². The van der Waals surface area contributed by atoms with Crippen LogP contribution in [0.15, 0.2) is 249 Å². The number of hydrogen-bond acceptors (Lipinski definition) is 3. The lowest BCUT2D eigenvalue weighted by atomic mass is 9.63. The van der Waals surface area contributed by atoms with Gasteiger partial charge in [-0.1, -0.05) is 194 Å². The Labute approximate surface area is 395 Å². The molecule has 0 spiro atoms. The van der Waals surface area contributed by atoms with Crippen LogP contribution in [0, 0.1) is 0 Å². The summed E-state index contributed by atoms with van der Waals surface area (Å²) in [5.74, 6) is 2.63. The largest absolute Gasteiger partial charge is 0.456 e. The third kappa shape index (κ3) is 5.81. The van der Waals surface area contributed by atoms with Crippen molar-refractivity contribution in [1.82, 2.24) is 19.1 Å². The van der Waals surface area contributed by atoms with E-state index >= 15 is 0 Å². The number of nitrogens with zero attached hydrogens (tertiary/aromatic N) is 4.